The molecule has 1 aromatic carbocycles. The Morgan fingerprint density at radius 2 is 1.84 bits per heavy atom. The van der Waals surface area contributed by atoms with Crippen LogP contribution in [0.2, 0.25) is 10.2 Å². The summed E-state index contributed by atoms with van der Waals surface area (Å²) in [7, 11) is 0. The van der Waals surface area contributed by atoms with Gasteiger partial charge in [-0.2, -0.15) is 0 Å². The van der Waals surface area contributed by atoms with E-state index in [0.29, 0.717) is 16.4 Å². The third-order valence-electron chi connectivity index (χ3n) is 2.32. The Labute approximate surface area is 120 Å². The Kier molecular flexibility index (Phi) is 3.87. The fourth-order valence-corrected chi connectivity index (χ4v) is 1.91. The molecule has 2 amide bonds. The number of nitrogens with two attached hydrogens (primary N) is 1. The van der Waals surface area contributed by atoms with Crippen molar-refractivity contribution in [3.8, 4) is 0 Å². The summed E-state index contributed by atoms with van der Waals surface area (Å²) in [5, 5.41) is 0.791. The molecule has 2 N–H and O–H groups in total. The van der Waals surface area contributed by atoms with Gasteiger partial charge in [0.25, 0.3) is 0 Å². The molecule has 0 bridgehead atoms. The number of hydrogen-bond donors (Lipinski definition) is 1. The van der Waals surface area contributed by atoms with Gasteiger partial charge in [0.2, 0.25) is 5.95 Å². The Morgan fingerprint density at radius 1 is 1.21 bits per heavy atom. The number of anilines is 2. The van der Waals surface area contributed by atoms with E-state index in [2.05, 4.69) is 9.97 Å². The Hall–Kier alpha value is -1.85. The third kappa shape index (κ3) is 3.13. The minimum absolute atomic E-state index is 0.125. The van der Waals surface area contributed by atoms with Crippen molar-refractivity contribution in [2.75, 3.05) is 4.90 Å². The minimum atomic E-state index is -0.705. The topological polar surface area (TPSA) is 72.1 Å². The zero-order chi connectivity index (χ0) is 14.0. The first-order valence-corrected chi connectivity index (χ1v) is 6.09. The number of amides is 2. The van der Waals surface area contributed by atoms with E-state index in [1.807, 2.05) is 0 Å². The lowest BCUT2D eigenvalue weighted by Crippen LogP contribution is -2.33. The van der Waals surface area contributed by atoms with Crippen molar-refractivity contribution in [2.45, 2.75) is 6.92 Å². The van der Waals surface area contributed by atoms with Crippen LogP contribution >= 0.6 is 23.2 Å². The summed E-state index contributed by atoms with van der Waals surface area (Å²) < 4.78 is 0. The molecule has 1 aromatic heterocycles. The van der Waals surface area contributed by atoms with Crippen molar-refractivity contribution in [3.05, 3.63) is 46.2 Å². The highest BCUT2D eigenvalue weighted by atomic mass is 35.5. The van der Waals surface area contributed by atoms with Gasteiger partial charge >= 0.3 is 6.03 Å². The highest BCUT2D eigenvalue weighted by molar-refractivity contribution is 6.30. The fraction of sp³-hybridized carbons (Fsp3) is 0.0833. The molecular weight excluding hydrogens is 287 g/mol. The summed E-state index contributed by atoms with van der Waals surface area (Å²) in [5.41, 5.74) is 6.52. The zero-order valence-electron chi connectivity index (χ0n) is 9.97. The van der Waals surface area contributed by atoms with Crippen molar-refractivity contribution in [3.63, 3.8) is 0 Å². The molecule has 0 aliphatic heterocycles. The molecule has 1 heterocycles. The number of aryl methyl sites for hydroxylation is 1. The molecule has 0 saturated heterocycles. The lowest BCUT2D eigenvalue weighted by atomic mass is 10.3. The van der Waals surface area contributed by atoms with Crippen LogP contribution in [0.4, 0.5) is 16.4 Å². The van der Waals surface area contributed by atoms with E-state index in [0.717, 1.165) is 4.90 Å². The molecule has 0 aliphatic carbocycles. The van der Waals surface area contributed by atoms with Gasteiger partial charge in [-0.1, -0.05) is 23.2 Å². The number of rotatable bonds is 2. The number of halogens is 2. The van der Waals surface area contributed by atoms with Gasteiger partial charge in [-0.15, -0.1) is 0 Å². The number of nitrogens with zero attached hydrogens (tertiary/aromatic N) is 3. The largest absolute Gasteiger partial charge is 0.351 e. The van der Waals surface area contributed by atoms with Crippen LogP contribution in [0.3, 0.4) is 0 Å². The van der Waals surface area contributed by atoms with Gasteiger partial charge in [-0.05, 0) is 37.3 Å². The predicted molar refractivity (Wildman–Crippen MR) is 75.0 cm³/mol. The number of aromatic nitrogens is 2. The number of carbonyl (C=O) groups excluding carboxylic acids is 1. The van der Waals surface area contributed by atoms with Crippen LogP contribution in [-0.2, 0) is 0 Å². The van der Waals surface area contributed by atoms with Gasteiger partial charge in [-0.25, -0.2) is 19.7 Å². The van der Waals surface area contributed by atoms with Crippen molar-refractivity contribution in [2.24, 2.45) is 5.73 Å². The van der Waals surface area contributed by atoms with Gasteiger partial charge in [0.15, 0.2) is 0 Å². The standard InChI is InChI=1S/C12H10Cl2N4O/c1-7-6-10(14)17-12(16-7)18(11(15)19)9-4-2-8(13)3-5-9/h2-6H,1H3,(H2,15,19). The summed E-state index contributed by atoms with van der Waals surface area (Å²) >= 11 is 11.7. The molecule has 0 fully saturated rings. The first-order chi connectivity index (χ1) is 8.97. The van der Waals surface area contributed by atoms with E-state index in [9.17, 15) is 4.79 Å². The quantitative estimate of drug-likeness (QED) is 0.864. The Morgan fingerprint density at radius 3 is 2.37 bits per heavy atom. The molecule has 5 nitrogen and oxygen atoms in total. The highest BCUT2D eigenvalue weighted by Gasteiger charge is 2.18. The fourth-order valence-electron chi connectivity index (χ4n) is 1.55. The summed E-state index contributed by atoms with van der Waals surface area (Å²) in [6, 6.07) is 7.46. The Balaban J connectivity index is 2.51. The van der Waals surface area contributed by atoms with Gasteiger partial charge in [0.1, 0.15) is 5.15 Å². The third-order valence-corrected chi connectivity index (χ3v) is 2.76. The molecule has 0 saturated carbocycles. The second-order valence-electron chi connectivity index (χ2n) is 3.78. The van der Waals surface area contributed by atoms with Gasteiger partial charge < -0.3 is 5.73 Å². The molecule has 0 radical (unpaired) electrons. The predicted octanol–water partition coefficient (Wildman–Crippen LogP) is 3.31. The maximum absolute atomic E-state index is 11.6. The molecule has 2 aromatic rings. The van der Waals surface area contributed by atoms with E-state index < -0.39 is 6.03 Å². The van der Waals surface area contributed by atoms with Crippen LogP contribution in [0, 0.1) is 6.92 Å². The average Bonchev–Trinajstić information content (AvgIpc) is 2.30. The molecule has 0 spiro atoms. The minimum Gasteiger partial charge on any atom is -0.351 e. The second-order valence-corrected chi connectivity index (χ2v) is 4.61. The smallest absolute Gasteiger partial charge is 0.326 e. The molecule has 0 unspecified atom stereocenters. The molecule has 0 atom stereocenters. The van der Waals surface area contributed by atoms with Crippen molar-refractivity contribution in [1.82, 2.24) is 9.97 Å². The molecule has 19 heavy (non-hydrogen) atoms. The summed E-state index contributed by atoms with van der Waals surface area (Å²) in [6.07, 6.45) is 0. The second kappa shape index (κ2) is 5.42. The maximum Gasteiger partial charge on any atom is 0.326 e. The number of hydrogen-bond acceptors (Lipinski definition) is 3. The van der Waals surface area contributed by atoms with Crippen molar-refractivity contribution < 1.29 is 4.79 Å². The number of urea groups is 1. The molecular formula is C12H10Cl2N4O. The lowest BCUT2D eigenvalue weighted by molar-refractivity contribution is 0.256. The summed E-state index contributed by atoms with van der Waals surface area (Å²) in [5.74, 6) is 0.125. The van der Waals surface area contributed by atoms with Crippen LogP contribution in [0.1, 0.15) is 5.69 Å². The van der Waals surface area contributed by atoms with Crippen LogP contribution in [0.25, 0.3) is 0 Å². The zero-order valence-corrected chi connectivity index (χ0v) is 11.5. The molecule has 98 valence electrons. The first-order valence-electron chi connectivity index (χ1n) is 5.33. The number of primary amides is 1. The van der Waals surface area contributed by atoms with E-state index in [1.165, 1.54) is 0 Å². The van der Waals surface area contributed by atoms with Gasteiger partial charge in [0, 0.05) is 10.7 Å². The van der Waals surface area contributed by atoms with Crippen LogP contribution in [0.5, 0.6) is 0 Å². The summed E-state index contributed by atoms with van der Waals surface area (Å²) in [6.45, 7) is 1.75. The SMILES string of the molecule is Cc1cc(Cl)nc(N(C(N)=O)c2ccc(Cl)cc2)n1. The first kappa shape index (κ1) is 13.6. The van der Waals surface area contributed by atoms with E-state index in [-0.39, 0.29) is 11.1 Å². The molecule has 2 rings (SSSR count). The monoisotopic (exact) mass is 296 g/mol. The Bertz CT molecular complexity index is 595. The normalized spacial score (nSPS) is 10.3. The molecule has 7 heteroatoms. The highest BCUT2D eigenvalue weighted by Crippen LogP contribution is 2.25. The van der Waals surface area contributed by atoms with E-state index in [4.69, 9.17) is 28.9 Å². The molecule has 0 aliphatic rings. The van der Waals surface area contributed by atoms with Crippen LogP contribution in [0.15, 0.2) is 30.3 Å². The van der Waals surface area contributed by atoms with Gasteiger partial charge in [-0.3, -0.25) is 0 Å². The maximum atomic E-state index is 11.6. The average molecular weight is 297 g/mol. The van der Waals surface area contributed by atoms with E-state index >= 15 is 0 Å². The van der Waals surface area contributed by atoms with E-state index in [1.54, 1.807) is 37.3 Å². The number of benzene rings is 1. The number of carbonyl (C=O) groups is 1. The lowest BCUT2D eigenvalue weighted by Gasteiger charge is -2.18. The van der Waals surface area contributed by atoms with Crippen molar-refractivity contribution in [1.29, 1.82) is 0 Å². The van der Waals surface area contributed by atoms with Gasteiger partial charge in [0.05, 0.1) is 5.69 Å². The van der Waals surface area contributed by atoms with Crippen LogP contribution < -0.4 is 10.6 Å². The van der Waals surface area contributed by atoms with Crippen LogP contribution in [-0.4, -0.2) is 16.0 Å². The summed E-state index contributed by atoms with van der Waals surface area (Å²) in [4.78, 5) is 20.9. The van der Waals surface area contributed by atoms with Crippen molar-refractivity contribution >= 4 is 40.9 Å².